The minimum absolute atomic E-state index is 0.764. The van der Waals surface area contributed by atoms with Gasteiger partial charge in [0.25, 0.3) is 0 Å². The maximum absolute atomic E-state index is 5.97. The van der Waals surface area contributed by atoms with E-state index in [2.05, 4.69) is 40.6 Å². The first kappa shape index (κ1) is 16.6. The van der Waals surface area contributed by atoms with E-state index in [0.29, 0.717) is 0 Å². The van der Waals surface area contributed by atoms with E-state index >= 15 is 0 Å². The van der Waals surface area contributed by atoms with Crippen LogP contribution in [0.4, 0.5) is 5.13 Å². The van der Waals surface area contributed by atoms with Crippen molar-refractivity contribution in [3.05, 3.63) is 70.6 Å². The summed E-state index contributed by atoms with van der Waals surface area (Å²) in [5.41, 5.74) is 3.63. The van der Waals surface area contributed by atoms with Crippen molar-refractivity contribution < 1.29 is 0 Å². The van der Waals surface area contributed by atoms with Gasteiger partial charge in [-0.2, -0.15) is 0 Å². The summed E-state index contributed by atoms with van der Waals surface area (Å²) in [5, 5.41) is 4.05. The van der Waals surface area contributed by atoms with Crippen molar-refractivity contribution in [2.24, 2.45) is 5.92 Å². The van der Waals surface area contributed by atoms with Crippen LogP contribution in [0.5, 0.6) is 0 Å². The Bertz CT molecular complexity index is 805. The number of thiazole rings is 1. The largest absolute Gasteiger partial charge is 0.348 e. The van der Waals surface area contributed by atoms with Crippen LogP contribution in [0.25, 0.3) is 11.3 Å². The molecule has 3 aromatic rings. The van der Waals surface area contributed by atoms with Gasteiger partial charge >= 0.3 is 0 Å². The van der Waals surface area contributed by atoms with Gasteiger partial charge in [-0.05, 0) is 42.9 Å². The van der Waals surface area contributed by atoms with Crippen molar-refractivity contribution in [2.45, 2.75) is 19.3 Å². The summed E-state index contributed by atoms with van der Waals surface area (Å²) in [5.74, 6) is 0.786. The Kier molecular flexibility index (Phi) is 5.04. The van der Waals surface area contributed by atoms with Gasteiger partial charge in [0, 0.05) is 29.1 Å². The molecular weight excluding hydrogens is 348 g/mol. The molecular formula is C21H21ClN2S. The molecule has 1 aromatic heterocycles. The monoisotopic (exact) mass is 368 g/mol. The predicted octanol–water partition coefficient (Wildman–Crippen LogP) is 5.92. The summed E-state index contributed by atoms with van der Waals surface area (Å²) in [6.45, 7) is 2.20. The maximum Gasteiger partial charge on any atom is 0.185 e. The summed E-state index contributed by atoms with van der Waals surface area (Å²) in [6.07, 6.45) is 3.68. The average molecular weight is 369 g/mol. The number of piperidine rings is 1. The topological polar surface area (TPSA) is 16.1 Å². The van der Waals surface area contributed by atoms with Gasteiger partial charge in [0.2, 0.25) is 0 Å². The number of benzene rings is 2. The van der Waals surface area contributed by atoms with E-state index in [1.165, 1.54) is 24.8 Å². The van der Waals surface area contributed by atoms with Gasteiger partial charge in [-0.1, -0.05) is 54.1 Å². The molecule has 0 aliphatic carbocycles. The van der Waals surface area contributed by atoms with E-state index in [1.807, 2.05) is 24.3 Å². The molecule has 0 bridgehead atoms. The van der Waals surface area contributed by atoms with Crippen LogP contribution >= 0.6 is 22.9 Å². The van der Waals surface area contributed by atoms with E-state index < -0.39 is 0 Å². The number of halogens is 1. The van der Waals surface area contributed by atoms with Crippen LogP contribution in [0.1, 0.15) is 18.4 Å². The lowest BCUT2D eigenvalue weighted by Crippen LogP contribution is -2.34. The molecule has 128 valence electrons. The number of anilines is 1. The van der Waals surface area contributed by atoms with Crippen LogP contribution < -0.4 is 4.90 Å². The van der Waals surface area contributed by atoms with Crippen LogP contribution in [0.2, 0.25) is 5.02 Å². The third-order valence-corrected chi connectivity index (χ3v) is 6.04. The Morgan fingerprint density at radius 3 is 2.44 bits per heavy atom. The van der Waals surface area contributed by atoms with Crippen LogP contribution in [0.3, 0.4) is 0 Å². The van der Waals surface area contributed by atoms with Crippen LogP contribution in [-0.2, 0) is 6.42 Å². The average Bonchev–Trinajstić information content (AvgIpc) is 3.14. The van der Waals surface area contributed by atoms with E-state index in [0.717, 1.165) is 40.4 Å². The summed E-state index contributed by atoms with van der Waals surface area (Å²) >= 11 is 7.71. The fourth-order valence-corrected chi connectivity index (χ4v) is 4.45. The number of aromatic nitrogens is 1. The molecule has 0 amide bonds. The van der Waals surface area contributed by atoms with E-state index in [4.69, 9.17) is 16.6 Å². The zero-order valence-corrected chi connectivity index (χ0v) is 15.6. The fraction of sp³-hybridized carbons (Fsp3) is 0.286. The standard InChI is InChI=1S/C21H21ClN2S/c22-19-8-6-18(7-9-19)20-15-25-21(23-20)24-12-10-17(11-13-24)14-16-4-2-1-3-5-16/h1-9,15,17H,10-14H2. The second-order valence-electron chi connectivity index (χ2n) is 6.64. The molecule has 0 unspecified atom stereocenters. The Morgan fingerprint density at radius 2 is 1.72 bits per heavy atom. The normalized spacial score (nSPS) is 15.5. The third kappa shape index (κ3) is 4.05. The van der Waals surface area contributed by atoms with Crippen LogP contribution in [0, 0.1) is 5.92 Å². The molecule has 25 heavy (non-hydrogen) atoms. The highest BCUT2D eigenvalue weighted by atomic mass is 35.5. The van der Waals surface area contributed by atoms with Crippen molar-refractivity contribution in [1.82, 2.24) is 4.98 Å². The predicted molar refractivity (Wildman–Crippen MR) is 108 cm³/mol. The highest BCUT2D eigenvalue weighted by Gasteiger charge is 2.21. The Labute approximate surface area is 158 Å². The molecule has 1 aliphatic rings. The molecule has 2 aromatic carbocycles. The Balaban J connectivity index is 1.37. The molecule has 0 atom stereocenters. The van der Waals surface area contributed by atoms with Gasteiger partial charge in [0.1, 0.15) is 0 Å². The fourth-order valence-electron chi connectivity index (χ4n) is 3.44. The number of nitrogens with zero attached hydrogens (tertiary/aromatic N) is 2. The summed E-state index contributed by atoms with van der Waals surface area (Å²) in [7, 11) is 0. The third-order valence-electron chi connectivity index (χ3n) is 4.88. The van der Waals surface area contributed by atoms with Crippen LogP contribution in [-0.4, -0.2) is 18.1 Å². The van der Waals surface area contributed by atoms with Crippen molar-refractivity contribution >= 4 is 28.1 Å². The van der Waals surface area contributed by atoms with Crippen molar-refractivity contribution in [3.8, 4) is 11.3 Å². The first-order valence-electron chi connectivity index (χ1n) is 8.78. The Hall–Kier alpha value is -1.84. The quantitative estimate of drug-likeness (QED) is 0.568. The molecule has 2 nitrogen and oxygen atoms in total. The molecule has 0 spiro atoms. The lowest BCUT2D eigenvalue weighted by Gasteiger charge is -2.31. The van der Waals surface area contributed by atoms with E-state index in [1.54, 1.807) is 11.3 Å². The lowest BCUT2D eigenvalue weighted by molar-refractivity contribution is 0.403. The smallest absolute Gasteiger partial charge is 0.185 e. The van der Waals surface area contributed by atoms with Crippen LogP contribution in [0.15, 0.2) is 60.0 Å². The molecule has 0 saturated carbocycles. The summed E-state index contributed by atoms with van der Waals surface area (Å²) < 4.78 is 0. The maximum atomic E-state index is 5.97. The lowest BCUT2D eigenvalue weighted by atomic mass is 9.90. The van der Waals surface area contributed by atoms with Gasteiger partial charge in [-0.3, -0.25) is 0 Å². The highest BCUT2D eigenvalue weighted by molar-refractivity contribution is 7.14. The summed E-state index contributed by atoms with van der Waals surface area (Å²) in [6, 6.07) is 18.8. The molecule has 4 rings (SSSR count). The molecule has 0 radical (unpaired) electrons. The van der Waals surface area contributed by atoms with Crippen molar-refractivity contribution in [1.29, 1.82) is 0 Å². The molecule has 1 saturated heterocycles. The molecule has 1 aliphatic heterocycles. The highest BCUT2D eigenvalue weighted by Crippen LogP contribution is 2.31. The minimum atomic E-state index is 0.764. The second kappa shape index (κ2) is 7.59. The summed E-state index contributed by atoms with van der Waals surface area (Å²) in [4.78, 5) is 7.28. The first-order chi connectivity index (χ1) is 12.3. The van der Waals surface area contributed by atoms with Gasteiger partial charge in [0.05, 0.1) is 5.69 Å². The number of hydrogen-bond donors (Lipinski definition) is 0. The Morgan fingerprint density at radius 1 is 1.00 bits per heavy atom. The SMILES string of the molecule is Clc1ccc(-c2csc(N3CCC(Cc4ccccc4)CC3)n2)cc1. The zero-order valence-electron chi connectivity index (χ0n) is 14.1. The van der Waals surface area contributed by atoms with Crippen molar-refractivity contribution in [3.63, 3.8) is 0 Å². The molecule has 1 fully saturated rings. The van der Waals surface area contributed by atoms with E-state index in [-0.39, 0.29) is 0 Å². The molecule has 0 N–H and O–H groups in total. The minimum Gasteiger partial charge on any atom is -0.348 e. The van der Waals surface area contributed by atoms with Gasteiger partial charge < -0.3 is 4.90 Å². The molecule has 2 heterocycles. The second-order valence-corrected chi connectivity index (χ2v) is 7.92. The first-order valence-corrected chi connectivity index (χ1v) is 10.0. The van der Waals surface area contributed by atoms with E-state index in [9.17, 15) is 0 Å². The van der Waals surface area contributed by atoms with Gasteiger partial charge in [0.15, 0.2) is 5.13 Å². The van der Waals surface area contributed by atoms with Gasteiger partial charge in [-0.15, -0.1) is 11.3 Å². The zero-order chi connectivity index (χ0) is 17.1. The van der Waals surface area contributed by atoms with Crippen molar-refractivity contribution in [2.75, 3.05) is 18.0 Å². The molecule has 4 heteroatoms. The number of rotatable bonds is 4. The number of hydrogen-bond acceptors (Lipinski definition) is 3. The van der Waals surface area contributed by atoms with Gasteiger partial charge in [-0.25, -0.2) is 4.98 Å².